The number of aromatic nitrogens is 1. The lowest BCUT2D eigenvalue weighted by atomic mass is 10.2. The lowest BCUT2D eigenvalue weighted by Gasteiger charge is -2.13. The summed E-state index contributed by atoms with van der Waals surface area (Å²) in [7, 11) is 3.10. The average molecular weight is 471 g/mol. The first-order valence-corrected chi connectivity index (χ1v) is 10.6. The zero-order valence-electron chi connectivity index (χ0n) is 18.1. The van der Waals surface area contributed by atoms with E-state index >= 15 is 0 Å². The van der Waals surface area contributed by atoms with Gasteiger partial charge in [0.25, 0.3) is 11.6 Å². The third-order valence-electron chi connectivity index (χ3n) is 4.56. The van der Waals surface area contributed by atoms with Crippen molar-refractivity contribution in [2.24, 2.45) is 0 Å². The van der Waals surface area contributed by atoms with Gasteiger partial charge in [0.15, 0.2) is 11.5 Å². The highest BCUT2D eigenvalue weighted by Gasteiger charge is 2.20. The summed E-state index contributed by atoms with van der Waals surface area (Å²) in [6.07, 6.45) is 0. The maximum absolute atomic E-state index is 12.3. The van der Waals surface area contributed by atoms with Crippen LogP contribution in [0.25, 0.3) is 10.6 Å². The number of ether oxygens (including phenoxy) is 3. The Morgan fingerprint density at radius 1 is 1.15 bits per heavy atom. The molecular formula is C22H21N3O7S. The monoisotopic (exact) mass is 471 g/mol. The average Bonchev–Trinajstić information content (AvgIpc) is 3.31. The number of esters is 1. The number of hydrogen-bond donors (Lipinski definition) is 1. The highest BCUT2D eigenvalue weighted by molar-refractivity contribution is 7.13. The Balaban J connectivity index is 1.58. The molecule has 0 saturated carbocycles. The van der Waals surface area contributed by atoms with Crippen molar-refractivity contribution in [2.75, 3.05) is 14.2 Å². The normalized spacial score (nSPS) is 11.4. The summed E-state index contributed by atoms with van der Waals surface area (Å²) in [5.74, 6) is -0.0958. The van der Waals surface area contributed by atoms with Gasteiger partial charge in [0.05, 0.1) is 24.8 Å². The van der Waals surface area contributed by atoms with Gasteiger partial charge >= 0.3 is 5.97 Å². The van der Waals surface area contributed by atoms with Gasteiger partial charge in [-0.1, -0.05) is 6.07 Å². The van der Waals surface area contributed by atoms with Crippen molar-refractivity contribution in [3.63, 3.8) is 0 Å². The Morgan fingerprint density at radius 3 is 2.61 bits per heavy atom. The first-order chi connectivity index (χ1) is 15.8. The summed E-state index contributed by atoms with van der Waals surface area (Å²) < 4.78 is 15.8. The van der Waals surface area contributed by atoms with Crippen LogP contribution < -0.4 is 14.8 Å². The van der Waals surface area contributed by atoms with Crippen molar-refractivity contribution in [1.29, 1.82) is 0 Å². The van der Waals surface area contributed by atoms with E-state index in [-0.39, 0.29) is 17.9 Å². The number of hydrogen-bond acceptors (Lipinski definition) is 9. The lowest BCUT2D eigenvalue weighted by Crippen LogP contribution is -2.39. The molecule has 1 atom stereocenters. The van der Waals surface area contributed by atoms with Gasteiger partial charge in [-0.3, -0.25) is 14.9 Å². The third kappa shape index (κ3) is 5.83. The highest BCUT2D eigenvalue weighted by atomic mass is 32.1. The molecule has 0 unspecified atom stereocenters. The molecule has 1 heterocycles. The fourth-order valence-electron chi connectivity index (χ4n) is 2.84. The number of non-ortho nitro benzene ring substituents is 1. The molecule has 11 heteroatoms. The maximum atomic E-state index is 12.3. The summed E-state index contributed by atoms with van der Waals surface area (Å²) in [5, 5.41) is 15.8. The summed E-state index contributed by atoms with van der Waals surface area (Å²) in [4.78, 5) is 39.3. The van der Waals surface area contributed by atoms with Crippen molar-refractivity contribution in [1.82, 2.24) is 10.3 Å². The van der Waals surface area contributed by atoms with E-state index < -0.39 is 22.8 Å². The Kier molecular flexibility index (Phi) is 7.57. The molecule has 1 amide bonds. The number of amides is 1. The molecule has 3 rings (SSSR count). The van der Waals surface area contributed by atoms with Crippen molar-refractivity contribution in [3.05, 3.63) is 69.2 Å². The van der Waals surface area contributed by atoms with E-state index in [1.165, 1.54) is 36.5 Å². The second-order valence-electron chi connectivity index (χ2n) is 6.82. The number of nitrogens with one attached hydrogen (secondary N) is 1. The molecule has 33 heavy (non-hydrogen) atoms. The Labute approximate surface area is 193 Å². The summed E-state index contributed by atoms with van der Waals surface area (Å²) in [5.41, 5.74) is 1.23. The summed E-state index contributed by atoms with van der Waals surface area (Å²) >= 11 is 1.38. The van der Waals surface area contributed by atoms with Crippen LogP contribution >= 0.6 is 11.3 Å². The van der Waals surface area contributed by atoms with Crippen LogP contribution in [0.1, 0.15) is 23.0 Å². The first kappa shape index (κ1) is 23.7. The number of carbonyl (C=O) groups excluding carboxylic acids is 2. The minimum absolute atomic E-state index is 0.0698. The van der Waals surface area contributed by atoms with E-state index in [0.717, 1.165) is 11.6 Å². The molecule has 3 aromatic rings. The number of nitro groups is 1. The Morgan fingerprint density at radius 2 is 1.91 bits per heavy atom. The number of carbonyl (C=O) groups is 2. The van der Waals surface area contributed by atoms with Crippen LogP contribution in [0.2, 0.25) is 0 Å². The van der Waals surface area contributed by atoms with Crippen LogP contribution in [0.4, 0.5) is 5.69 Å². The largest absolute Gasteiger partial charge is 0.493 e. The smallest absolute Gasteiger partial charge is 0.328 e. The van der Waals surface area contributed by atoms with Crippen LogP contribution in [-0.4, -0.2) is 42.0 Å². The zero-order valence-corrected chi connectivity index (χ0v) is 18.9. The fourth-order valence-corrected chi connectivity index (χ4v) is 3.65. The van der Waals surface area contributed by atoms with Gasteiger partial charge in [-0.25, -0.2) is 9.78 Å². The standard InChI is InChI=1S/C22H21N3O7S/c1-13(23-20(26)14-5-4-6-17(9-14)25(28)29)22(27)32-11-16-12-33-21(24-16)15-7-8-18(30-2)19(10-15)31-3/h4-10,12-13H,11H2,1-3H3,(H,23,26)/t13-/m0/s1. The lowest BCUT2D eigenvalue weighted by molar-refractivity contribution is -0.384. The van der Waals surface area contributed by atoms with Gasteiger partial charge < -0.3 is 19.5 Å². The van der Waals surface area contributed by atoms with Gasteiger partial charge in [0, 0.05) is 28.6 Å². The number of nitrogens with zero attached hydrogens (tertiary/aromatic N) is 2. The number of nitro benzene ring substituents is 1. The second kappa shape index (κ2) is 10.6. The number of benzene rings is 2. The molecule has 0 fully saturated rings. The highest BCUT2D eigenvalue weighted by Crippen LogP contribution is 2.33. The molecule has 1 N–H and O–H groups in total. The number of methoxy groups -OCH3 is 2. The predicted molar refractivity (Wildman–Crippen MR) is 120 cm³/mol. The topological polar surface area (TPSA) is 130 Å². The molecule has 0 aliphatic rings. The molecule has 10 nitrogen and oxygen atoms in total. The van der Waals surface area contributed by atoms with Crippen molar-refractivity contribution in [3.8, 4) is 22.1 Å². The van der Waals surface area contributed by atoms with E-state index in [0.29, 0.717) is 22.2 Å². The molecule has 1 aromatic heterocycles. The van der Waals surface area contributed by atoms with Gasteiger partial charge in [0.2, 0.25) is 0 Å². The van der Waals surface area contributed by atoms with E-state index in [2.05, 4.69) is 10.3 Å². The molecule has 0 bridgehead atoms. The third-order valence-corrected chi connectivity index (χ3v) is 5.51. The zero-order chi connectivity index (χ0) is 24.0. The number of rotatable bonds is 9. The van der Waals surface area contributed by atoms with Crippen LogP contribution in [-0.2, 0) is 16.1 Å². The van der Waals surface area contributed by atoms with Crippen LogP contribution in [0.15, 0.2) is 47.8 Å². The molecule has 0 saturated heterocycles. The van der Waals surface area contributed by atoms with E-state index in [1.54, 1.807) is 31.7 Å². The molecule has 0 aliphatic heterocycles. The van der Waals surface area contributed by atoms with Crippen molar-refractivity contribution < 1.29 is 28.7 Å². The number of thiazole rings is 1. The molecule has 172 valence electrons. The Bertz CT molecular complexity index is 1180. The van der Waals surface area contributed by atoms with Gasteiger partial charge in [-0.15, -0.1) is 11.3 Å². The minimum Gasteiger partial charge on any atom is -0.493 e. The fraction of sp³-hybridized carbons (Fsp3) is 0.227. The Hall–Kier alpha value is -3.99. The SMILES string of the molecule is COc1ccc(-c2nc(COC(=O)[C@H](C)NC(=O)c3cccc([N+](=O)[O-])c3)cs2)cc1OC. The molecule has 0 aliphatic carbocycles. The van der Waals surface area contributed by atoms with Crippen molar-refractivity contribution >= 4 is 28.9 Å². The second-order valence-corrected chi connectivity index (χ2v) is 7.68. The van der Waals surface area contributed by atoms with Crippen LogP contribution in [0.3, 0.4) is 0 Å². The summed E-state index contributed by atoms with van der Waals surface area (Å²) in [6, 6.07) is 9.71. The minimum atomic E-state index is -0.958. The molecule has 0 radical (unpaired) electrons. The molecule has 0 spiro atoms. The quantitative estimate of drug-likeness (QED) is 0.285. The van der Waals surface area contributed by atoms with Crippen LogP contribution in [0.5, 0.6) is 11.5 Å². The van der Waals surface area contributed by atoms with Gasteiger partial charge in [-0.2, -0.15) is 0 Å². The summed E-state index contributed by atoms with van der Waals surface area (Å²) in [6.45, 7) is 1.40. The van der Waals surface area contributed by atoms with Gasteiger partial charge in [0.1, 0.15) is 17.7 Å². The molecular weight excluding hydrogens is 450 g/mol. The first-order valence-electron chi connectivity index (χ1n) is 9.71. The van der Waals surface area contributed by atoms with Crippen LogP contribution in [0, 0.1) is 10.1 Å². The van der Waals surface area contributed by atoms with E-state index in [1.807, 2.05) is 6.07 Å². The molecule has 2 aromatic carbocycles. The predicted octanol–water partition coefficient (Wildman–Crippen LogP) is 3.60. The van der Waals surface area contributed by atoms with E-state index in [4.69, 9.17) is 14.2 Å². The van der Waals surface area contributed by atoms with E-state index in [9.17, 15) is 19.7 Å². The van der Waals surface area contributed by atoms with Gasteiger partial charge in [-0.05, 0) is 31.2 Å². The maximum Gasteiger partial charge on any atom is 0.328 e. The van der Waals surface area contributed by atoms with Crippen molar-refractivity contribution in [2.45, 2.75) is 19.6 Å².